The Kier molecular flexibility index (Phi) is 23.5. The number of benzene rings is 2. The first-order valence-electron chi connectivity index (χ1n) is 34.9. The quantitative estimate of drug-likeness (QED) is 0.114. The van der Waals surface area contributed by atoms with Crippen LogP contribution in [0.3, 0.4) is 0 Å². The summed E-state index contributed by atoms with van der Waals surface area (Å²) >= 11 is 0. The van der Waals surface area contributed by atoms with Gasteiger partial charge in [0, 0.05) is 62.1 Å². The molecule has 4 aliphatic carbocycles. The van der Waals surface area contributed by atoms with Crippen molar-refractivity contribution in [2.75, 3.05) is 39.5 Å². The number of nitrogens with one attached hydrogen (secondary N) is 3. The highest BCUT2D eigenvalue weighted by molar-refractivity contribution is 7.91. The van der Waals surface area contributed by atoms with E-state index in [2.05, 4.69) is 15.4 Å². The largest absolute Gasteiger partial charge is 0.479 e. The van der Waals surface area contributed by atoms with Crippen LogP contribution in [0.1, 0.15) is 154 Å². The summed E-state index contributed by atoms with van der Waals surface area (Å²) in [6.45, 7) is 11.2. The van der Waals surface area contributed by atoms with Gasteiger partial charge in [0.05, 0.1) is 74.6 Å². The van der Waals surface area contributed by atoms with Crippen molar-refractivity contribution in [3.63, 3.8) is 0 Å². The Labute approximate surface area is 596 Å². The number of halogens is 2. The number of hydrogen-bond donors (Lipinski definition) is 5. The summed E-state index contributed by atoms with van der Waals surface area (Å²) in [5, 5.41) is 19.3. The maximum Gasteiger partial charge on any atom is 0.410 e. The van der Waals surface area contributed by atoms with E-state index < -0.39 is 167 Å². The van der Waals surface area contributed by atoms with Crippen LogP contribution in [-0.2, 0) is 113 Å². The number of nitrogens with two attached hydrogens (primary N) is 1. The van der Waals surface area contributed by atoms with Crippen LogP contribution in [0, 0.1) is 35.3 Å². The molecule has 564 valence electrons. The summed E-state index contributed by atoms with van der Waals surface area (Å²) in [6, 6.07) is 6.83. The van der Waals surface area contributed by atoms with Crippen LogP contribution in [0.15, 0.2) is 60.7 Å². The molecule has 2 aromatic carbocycles. The van der Waals surface area contributed by atoms with Gasteiger partial charge in [0.2, 0.25) is 43.7 Å². The zero-order chi connectivity index (χ0) is 74.7. The van der Waals surface area contributed by atoms with E-state index in [1.54, 1.807) is 84.0 Å². The number of primary sulfonamides is 1. The lowest BCUT2D eigenvalue weighted by Crippen LogP contribution is -2.57. The van der Waals surface area contributed by atoms with E-state index in [4.69, 9.17) is 33.6 Å². The Hall–Kier alpha value is -8.14. The third-order valence-corrected chi connectivity index (χ3v) is 22.7. The molecule has 6 aliphatic heterocycles. The van der Waals surface area contributed by atoms with E-state index in [9.17, 15) is 78.7 Å². The van der Waals surface area contributed by atoms with E-state index in [0.717, 1.165) is 12.8 Å². The van der Waals surface area contributed by atoms with Gasteiger partial charge in [-0.05, 0) is 129 Å². The molecule has 0 radical (unpaired) electrons. The Morgan fingerprint density at radius 2 is 1.03 bits per heavy atom. The second-order valence-corrected chi connectivity index (χ2v) is 33.8. The van der Waals surface area contributed by atoms with Gasteiger partial charge in [-0.15, -0.1) is 0 Å². The molecule has 6 fully saturated rings. The highest BCUT2D eigenvalue weighted by atomic mass is 32.2. The van der Waals surface area contributed by atoms with Crippen molar-refractivity contribution < 1.29 is 107 Å². The molecule has 2 aromatic rings. The van der Waals surface area contributed by atoms with Gasteiger partial charge in [-0.1, -0.05) is 48.6 Å². The number of carbonyl (C=O) groups is 10. The molecule has 6 N–H and O–H groups in total. The first-order chi connectivity index (χ1) is 48.4. The minimum absolute atomic E-state index is 0.00557. The summed E-state index contributed by atoms with van der Waals surface area (Å²) in [5.74, 6) is -9.39. The Morgan fingerprint density at radius 3 is 1.42 bits per heavy atom. The molecule has 0 unspecified atom stereocenters. The van der Waals surface area contributed by atoms with Gasteiger partial charge in [0.15, 0.2) is 0 Å². The first-order valence-corrected chi connectivity index (χ1v) is 38.0. The van der Waals surface area contributed by atoms with Crippen molar-refractivity contribution in [1.29, 1.82) is 0 Å². The van der Waals surface area contributed by atoms with Crippen molar-refractivity contribution in [1.82, 2.24) is 35.0 Å². The summed E-state index contributed by atoms with van der Waals surface area (Å²) in [4.78, 5) is 139. The van der Waals surface area contributed by atoms with Gasteiger partial charge in [-0.2, -0.15) is 0 Å². The molecule has 6 heterocycles. The van der Waals surface area contributed by atoms with Crippen LogP contribution in [0.25, 0.3) is 0 Å². The maximum absolute atomic E-state index is 14.4. The van der Waals surface area contributed by atoms with E-state index in [1.165, 1.54) is 31.7 Å². The second-order valence-electron chi connectivity index (χ2n) is 30.0. The number of esters is 2. The SMILES string of the molecule is CC(C)(C)OC(=O)C[C@H]1CCOCC/C=C\[C@@H]2C[C@@]2(C(=O)NS(=O)(=O)C2CC2)NC(=O)[C@@H]2C[C@@H](OC(=O)N3Cc4cccc(F)c4C3)CN2C1=O.CC(C)(C)OC(=O)C[C@H]1CCOCC/C=C\[C@@H]2C[C@@]2(C(=O)O)NC(=O)[C@@H]2C[C@@H](OC(=O)N3Cc4cccc(F)c4C3)CN2C1=O.NS(=O)(=O)C1CC1. The minimum atomic E-state index is -3.93. The summed E-state index contributed by atoms with van der Waals surface area (Å²) in [5.41, 5.74) is -2.58. The van der Waals surface area contributed by atoms with E-state index >= 15 is 0 Å². The fraction of sp³-hybridized carbons (Fsp3) is 0.629. The number of sulfonamides is 2. The number of fused-ring (bicyclic) bond motifs is 6. The molecule has 12 rings (SSSR count). The predicted molar refractivity (Wildman–Crippen MR) is 360 cm³/mol. The molecule has 10 aliphatic rings. The number of hydrogen-bond acceptors (Lipinski definition) is 20. The fourth-order valence-electron chi connectivity index (χ4n) is 13.6. The summed E-state index contributed by atoms with van der Waals surface area (Å²) in [7, 11) is -7.06. The van der Waals surface area contributed by atoms with Gasteiger partial charge in [0.1, 0.15) is 58.2 Å². The van der Waals surface area contributed by atoms with Crippen molar-refractivity contribution in [3.8, 4) is 0 Å². The molecular formula is C70H92F2N8O21S2. The molecule has 10 atom stereocenters. The van der Waals surface area contributed by atoms with Gasteiger partial charge >= 0.3 is 30.1 Å². The van der Waals surface area contributed by atoms with Gasteiger partial charge in [-0.3, -0.25) is 48.1 Å². The molecule has 29 nitrogen and oxygen atoms in total. The number of carboxylic acid groups (broad SMARTS) is 1. The lowest BCUT2D eigenvalue weighted by Gasteiger charge is -2.29. The third-order valence-electron chi connectivity index (χ3n) is 19.5. The van der Waals surface area contributed by atoms with E-state index in [-0.39, 0.29) is 116 Å². The number of ether oxygens (including phenoxy) is 6. The average Bonchev–Trinajstić information content (AvgIpc) is 1.58. The highest BCUT2D eigenvalue weighted by Gasteiger charge is 2.63. The van der Waals surface area contributed by atoms with Crippen molar-refractivity contribution >= 4 is 79.7 Å². The molecule has 0 spiro atoms. The highest BCUT2D eigenvalue weighted by Crippen LogP contribution is 2.47. The molecule has 33 heteroatoms. The van der Waals surface area contributed by atoms with Crippen LogP contribution >= 0.6 is 0 Å². The Morgan fingerprint density at radius 1 is 0.612 bits per heavy atom. The van der Waals surface area contributed by atoms with Crippen LogP contribution < -0.4 is 20.5 Å². The molecule has 4 saturated carbocycles. The molecule has 0 bridgehead atoms. The van der Waals surface area contributed by atoms with Gasteiger partial charge < -0.3 is 54.0 Å². The monoisotopic (exact) mass is 1480 g/mol. The average molecular weight is 1480 g/mol. The number of rotatable bonds is 11. The van der Waals surface area contributed by atoms with Crippen molar-refractivity contribution in [2.45, 2.75) is 215 Å². The second kappa shape index (κ2) is 31.3. The van der Waals surface area contributed by atoms with Crippen molar-refractivity contribution in [3.05, 3.63) is 94.6 Å². The van der Waals surface area contributed by atoms with E-state index in [0.29, 0.717) is 54.5 Å². The number of nitrogens with zero attached hydrogens (tertiary/aromatic N) is 4. The number of amides is 7. The Bertz CT molecular complexity index is 3930. The van der Waals surface area contributed by atoms with E-state index in [1.807, 2.05) is 6.08 Å². The third kappa shape index (κ3) is 19.6. The Balaban J connectivity index is 0.000000203. The molecule has 7 amide bonds. The zero-order valence-electron chi connectivity index (χ0n) is 58.6. The zero-order valence-corrected chi connectivity index (χ0v) is 60.2. The van der Waals surface area contributed by atoms with Gasteiger partial charge in [-0.25, -0.2) is 45.1 Å². The maximum atomic E-state index is 14.4. The molecule has 103 heavy (non-hydrogen) atoms. The normalized spacial score (nSPS) is 28.7. The number of carbonyl (C=O) groups excluding carboxylic acids is 9. The molecule has 0 aromatic heterocycles. The molecular weight excluding hydrogens is 1390 g/mol. The number of carboxylic acids is 1. The topological polar surface area (TPSA) is 390 Å². The number of aliphatic carboxylic acids is 1. The lowest BCUT2D eigenvalue weighted by molar-refractivity contribution is -0.159. The summed E-state index contributed by atoms with van der Waals surface area (Å²) in [6.07, 6.45) is 7.03. The summed E-state index contributed by atoms with van der Waals surface area (Å²) < 4.78 is 111. The van der Waals surface area contributed by atoms with Gasteiger partial charge in [0.25, 0.3) is 5.91 Å². The van der Waals surface area contributed by atoms with Crippen molar-refractivity contribution in [2.24, 2.45) is 28.8 Å². The van der Waals surface area contributed by atoms with Crippen LogP contribution in [-0.4, -0.2) is 198 Å². The molecule has 2 saturated heterocycles. The standard InChI is InChI=1S/C35H45FN4O10S.C32H40FN3O9.C3H7NO2S/c1-34(2,3)50-29(41)15-21-12-14-48-13-5-4-8-23-17-35(23,32(44)38-51(46,47)25-10-11-25)37-30(42)28-16-24(19-40(28)31(21)43)49-33(45)39-18-22-7-6-9-27(36)26(22)20-39;1-31(2,3)45-26(37)13-19-10-12-43-11-5-4-8-21-15-32(21,29(40)41)34-27(38)25-14-22(17-36(25)28(19)39)44-30(42)35-16-20-7-6-9-24(33)23(20)18-35;4-7(5,6)3-1-2-3/h4,6-9,21,23-25,28H,5,10-20H2,1-3H3,(H,37,42)(H,38,44);4,6-9,19,21-22,25H,5,10-18H2,1-3H3,(H,34,38)(H,40,41);3H,1-2H2,(H2,4,5,6)/b2*8-4-;/t21-,23-,24-,28+,35-;19-,21-,22-,25+,32-;/m11./s1. The van der Waals surface area contributed by atoms with Crippen LogP contribution in [0.2, 0.25) is 0 Å². The smallest absolute Gasteiger partial charge is 0.410 e. The fourth-order valence-corrected chi connectivity index (χ4v) is 15.7. The van der Waals surface area contributed by atoms with Crippen LogP contribution in [0.5, 0.6) is 0 Å². The first kappa shape index (κ1) is 77.5. The minimum Gasteiger partial charge on any atom is -0.479 e. The lowest BCUT2D eigenvalue weighted by atomic mass is 9.99. The predicted octanol–water partition coefficient (Wildman–Crippen LogP) is 4.80. The van der Waals surface area contributed by atoms with Crippen LogP contribution in [0.4, 0.5) is 18.4 Å².